The average Bonchev–Trinajstić information content (AvgIpc) is 3.12. The standard InChI is InChI=1S/C27H23ClN2O2S/c1-2-15-32-24-14-13-22(16-23(24)28)17-25-26(31)30(19-21-11-7-4-8-12-21)27(33-25)29-18-20-9-5-3-6-10-20/h2-14,16-17H,1,15,18-19H2/b25-17+,29-27?. The number of halogens is 1. The summed E-state index contributed by atoms with van der Waals surface area (Å²) in [6.45, 7) is 5.00. The number of aliphatic imine (C=N–C) groups is 1. The molecular weight excluding hydrogens is 452 g/mol. The molecule has 0 spiro atoms. The number of carbonyl (C=O) groups is 1. The van der Waals surface area contributed by atoms with E-state index in [4.69, 9.17) is 21.3 Å². The van der Waals surface area contributed by atoms with Crippen LogP contribution >= 0.6 is 23.4 Å². The number of benzene rings is 3. The molecule has 0 radical (unpaired) electrons. The van der Waals surface area contributed by atoms with E-state index in [0.717, 1.165) is 16.7 Å². The molecule has 0 saturated carbocycles. The van der Waals surface area contributed by atoms with Crippen LogP contribution in [0, 0.1) is 0 Å². The van der Waals surface area contributed by atoms with Gasteiger partial charge < -0.3 is 4.74 Å². The minimum absolute atomic E-state index is 0.0706. The van der Waals surface area contributed by atoms with Crippen molar-refractivity contribution in [3.05, 3.63) is 118 Å². The largest absolute Gasteiger partial charge is 0.488 e. The molecule has 33 heavy (non-hydrogen) atoms. The van der Waals surface area contributed by atoms with Gasteiger partial charge in [-0.15, -0.1) is 0 Å². The lowest BCUT2D eigenvalue weighted by atomic mass is 10.2. The first-order valence-corrected chi connectivity index (χ1v) is 11.7. The Morgan fingerprint density at radius 2 is 1.70 bits per heavy atom. The Hall–Kier alpha value is -3.28. The van der Waals surface area contributed by atoms with E-state index in [1.165, 1.54) is 11.8 Å². The maximum absolute atomic E-state index is 13.3. The minimum Gasteiger partial charge on any atom is -0.488 e. The normalized spacial score (nSPS) is 15.9. The van der Waals surface area contributed by atoms with Gasteiger partial charge in [-0.25, -0.2) is 0 Å². The van der Waals surface area contributed by atoms with Crippen LogP contribution in [0.4, 0.5) is 0 Å². The lowest BCUT2D eigenvalue weighted by Gasteiger charge is -2.15. The number of hydrogen-bond donors (Lipinski definition) is 0. The SMILES string of the molecule is C=CCOc1ccc(/C=C2/SC(=NCc3ccccc3)N(Cc3ccccc3)C2=O)cc1Cl. The fraction of sp³-hybridized carbons (Fsp3) is 0.111. The zero-order valence-corrected chi connectivity index (χ0v) is 19.6. The van der Waals surface area contributed by atoms with E-state index in [0.29, 0.717) is 40.5 Å². The van der Waals surface area contributed by atoms with E-state index < -0.39 is 0 Å². The number of carbonyl (C=O) groups excluding carboxylic acids is 1. The molecule has 0 aliphatic carbocycles. The molecule has 0 unspecified atom stereocenters. The van der Waals surface area contributed by atoms with Gasteiger partial charge >= 0.3 is 0 Å². The Balaban J connectivity index is 1.60. The molecule has 1 fully saturated rings. The number of amidine groups is 1. The van der Waals surface area contributed by atoms with Crippen molar-refractivity contribution in [3.8, 4) is 5.75 Å². The van der Waals surface area contributed by atoms with Crippen molar-refractivity contribution < 1.29 is 9.53 Å². The van der Waals surface area contributed by atoms with Gasteiger partial charge in [0.1, 0.15) is 12.4 Å². The van der Waals surface area contributed by atoms with Gasteiger partial charge in [0.25, 0.3) is 5.91 Å². The van der Waals surface area contributed by atoms with Gasteiger partial charge in [-0.1, -0.05) is 91.0 Å². The topological polar surface area (TPSA) is 41.9 Å². The first-order chi connectivity index (χ1) is 16.1. The highest BCUT2D eigenvalue weighted by Crippen LogP contribution is 2.35. The van der Waals surface area contributed by atoms with Crippen LogP contribution < -0.4 is 4.74 Å². The third-order valence-electron chi connectivity index (χ3n) is 4.92. The summed E-state index contributed by atoms with van der Waals surface area (Å²) >= 11 is 7.74. The van der Waals surface area contributed by atoms with E-state index >= 15 is 0 Å². The Morgan fingerprint density at radius 3 is 2.36 bits per heavy atom. The molecular formula is C27H23ClN2O2S. The molecule has 3 aromatic rings. The molecule has 0 N–H and O–H groups in total. The van der Waals surface area contributed by atoms with Crippen molar-refractivity contribution in [1.82, 2.24) is 4.90 Å². The van der Waals surface area contributed by atoms with Crippen molar-refractivity contribution >= 4 is 40.5 Å². The summed E-state index contributed by atoms with van der Waals surface area (Å²) < 4.78 is 5.54. The average molecular weight is 475 g/mol. The number of nitrogens with zero attached hydrogens (tertiary/aromatic N) is 2. The molecule has 0 aromatic heterocycles. The smallest absolute Gasteiger partial charge is 0.267 e. The number of amides is 1. The van der Waals surface area contributed by atoms with Crippen LogP contribution in [-0.2, 0) is 17.9 Å². The van der Waals surface area contributed by atoms with Crippen molar-refractivity contribution in [2.75, 3.05) is 6.61 Å². The van der Waals surface area contributed by atoms with Crippen LogP contribution in [0.1, 0.15) is 16.7 Å². The highest BCUT2D eigenvalue weighted by atomic mass is 35.5. The third-order valence-corrected chi connectivity index (χ3v) is 6.26. The molecule has 0 atom stereocenters. The Labute approximate surface area is 203 Å². The van der Waals surface area contributed by atoms with Crippen LogP contribution in [-0.4, -0.2) is 22.6 Å². The number of ether oxygens (including phenoxy) is 1. The van der Waals surface area contributed by atoms with Crippen molar-refractivity contribution in [2.24, 2.45) is 4.99 Å². The lowest BCUT2D eigenvalue weighted by Crippen LogP contribution is -2.28. The van der Waals surface area contributed by atoms with Gasteiger partial charge in [-0.2, -0.15) is 0 Å². The summed E-state index contributed by atoms with van der Waals surface area (Å²) in [5.41, 5.74) is 2.97. The highest BCUT2D eigenvalue weighted by Gasteiger charge is 2.33. The fourth-order valence-corrected chi connectivity index (χ4v) is 4.52. The summed E-state index contributed by atoms with van der Waals surface area (Å²) in [4.78, 5) is 20.4. The Kier molecular flexibility index (Phi) is 7.66. The van der Waals surface area contributed by atoms with Gasteiger partial charge in [0, 0.05) is 0 Å². The van der Waals surface area contributed by atoms with Crippen LogP contribution in [0.25, 0.3) is 6.08 Å². The number of thioether (sulfide) groups is 1. The van der Waals surface area contributed by atoms with Gasteiger partial charge in [0.15, 0.2) is 5.17 Å². The first kappa shape index (κ1) is 22.9. The fourth-order valence-electron chi connectivity index (χ4n) is 3.30. The van der Waals surface area contributed by atoms with Crippen LogP contribution in [0.15, 0.2) is 101 Å². The molecule has 4 rings (SSSR count). The monoisotopic (exact) mass is 474 g/mol. The number of hydrogen-bond acceptors (Lipinski definition) is 4. The zero-order valence-electron chi connectivity index (χ0n) is 18.0. The molecule has 1 aliphatic heterocycles. The molecule has 1 amide bonds. The van der Waals surface area contributed by atoms with Gasteiger partial charge in [0.05, 0.1) is 23.0 Å². The predicted octanol–water partition coefficient (Wildman–Crippen LogP) is 6.58. The zero-order chi connectivity index (χ0) is 23.0. The van der Waals surface area contributed by atoms with Crippen molar-refractivity contribution in [3.63, 3.8) is 0 Å². The molecule has 0 bridgehead atoms. The maximum Gasteiger partial charge on any atom is 0.267 e. The predicted molar refractivity (Wildman–Crippen MR) is 137 cm³/mol. The molecule has 4 nitrogen and oxygen atoms in total. The summed E-state index contributed by atoms with van der Waals surface area (Å²) in [5.74, 6) is 0.513. The molecule has 6 heteroatoms. The summed E-state index contributed by atoms with van der Waals surface area (Å²) in [6.07, 6.45) is 3.51. The second-order valence-electron chi connectivity index (χ2n) is 7.36. The van der Waals surface area contributed by atoms with Gasteiger partial charge in [-0.05, 0) is 46.7 Å². The molecule has 1 aliphatic rings. The molecule has 1 heterocycles. The molecule has 1 saturated heterocycles. The highest BCUT2D eigenvalue weighted by molar-refractivity contribution is 8.18. The van der Waals surface area contributed by atoms with E-state index in [1.807, 2.05) is 72.8 Å². The van der Waals surface area contributed by atoms with E-state index in [-0.39, 0.29) is 5.91 Å². The van der Waals surface area contributed by atoms with Crippen LogP contribution in [0.2, 0.25) is 5.02 Å². The first-order valence-electron chi connectivity index (χ1n) is 10.5. The van der Waals surface area contributed by atoms with Gasteiger partial charge in [0.2, 0.25) is 0 Å². The van der Waals surface area contributed by atoms with Crippen LogP contribution in [0.5, 0.6) is 5.75 Å². The third kappa shape index (κ3) is 5.95. The summed E-state index contributed by atoms with van der Waals surface area (Å²) in [7, 11) is 0. The number of rotatable bonds is 8. The lowest BCUT2D eigenvalue weighted by molar-refractivity contribution is -0.122. The summed E-state index contributed by atoms with van der Waals surface area (Å²) in [6, 6.07) is 25.4. The quantitative estimate of drug-likeness (QED) is 0.273. The maximum atomic E-state index is 13.3. The summed E-state index contributed by atoms with van der Waals surface area (Å²) in [5, 5.41) is 1.18. The van der Waals surface area contributed by atoms with E-state index in [2.05, 4.69) is 6.58 Å². The van der Waals surface area contributed by atoms with Crippen LogP contribution in [0.3, 0.4) is 0 Å². The van der Waals surface area contributed by atoms with Crippen molar-refractivity contribution in [2.45, 2.75) is 13.1 Å². The van der Waals surface area contributed by atoms with E-state index in [9.17, 15) is 4.79 Å². The second-order valence-corrected chi connectivity index (χ2v) is 8.78. The van der Waals surface area contributed by atoms with E-state index in [1.54, 1.807) is 23.1 Å². The molecule has 3 aromatic carbocycles. The Bertz CT molecular complexity index is 1190. The Morgan fingerprint density at radius 1 is 1.00 bits per heavy atom. The minimum atomic E-state index is -0.0706. The van der Waals surface area contributed by atoms with Gasteiger partial charge in [-0.3, -0.25) is 14.7 Å². The van der Waals surface area contributed by atoms with Crippen molar-refractivity contribution in [1.29, 1.82) is 0 Å². The molecule has 166 valence electrons. The second kappa shape index (κ2) is 11.0.